The second-order valence-electron chi connectivity index (χ2n) is 10.3. The van der Waals surface area contributed by atoms with Gasteiger partial charge in [0.05, 0.1) is 12.2 Å². The molecular weight excluding hydrogens is 374 g/mol. The maximum atomic E-state index is 12.2. The molecule has 1 amide bonds. The SMILES string of the molecule is O=C(CCCCC1=C[C@H]2C[C@@H](O)[C@H](/C=C/[C@@H](O)C3CCCCC3)[C@H]2C1)N1CCCC1. The minimum Gasteiger partial charge on any atom is -0.392 e. The molecule has 0 unspecified atom stereocenters. The number of aliphatic hydroxyl groups excluding tert-OH is 2. The van der Waals surface area contributed by atoms with E-state index in [1.165, 1.54) is 37.7 Å². The second kappa shape index (κ2) is 10.5. The predicted octanol–water partition coefficient (Wildman–Crippen LogP) is 4.61. The molecule has 4 heteroatoms. The van der Waals surface area contributed by atoms with E-state index in [1.807, 2.05) is 11.0 Å². The summed E-state index contributed by atoms with van der Waals surface area (Å²) in [7, 11) is 0. The normalized spacial score (nSPS) is 33.3. The van der Waals surface area contributed by atoms with Gasteiger partial charge in [0.25, 0.3) is 0 Å². The molecule has 0 spiro atoms. The van der Waals surface area contributed by atoms with Crippen molar-refractivity contribution in [3.8, 4) is 0 Å². The molecule has 1 heterocycles. The van der Waals surface area contributed by atoms with E-state index in [-0.39, 0.29) is 18.1 Å². The van der Waals surface area contributed by atoms with E-state index < -0.39 is 0 Å². The van der Waals surface area contributed by atoms with E-state index >= 15 is 0 Å². The van der Waals surface area contributed by atoms with E-state index in [9.17, 15) is 15.0 Å². The lowest BCUT2D eigenvalue weighted by Gasteiger charge is -2.25. The topological polar surface area (TPSA) is 60.8 Å². The van der Waals surface area contributed by atoms with Gasteiger partial charge in [-0.25, -0.2) is 0 Å². The third kappa shape index (κ3) is 5.37. The van der Waals surface area contributed by atoms with Crippen LogP contribution >= 0.6 is 0 Å². The molecule has 0 aromatic heterocycles. The Morgan fingerprint density at radius 3 is 2.67 bits per heavy atom. The Morgan fingerprint density at radius 2 is 1.90 bits per heavy atom. The largest absolute Gasteiger partial charge is 0.392 e. The quantitative estimate of drug-likeness (QED) is 0.449. The van der Waals surface area contributed by atoms with Crippen LogP contribution in [0.3, 0.4) is 0 Å². The van der Waals surface area contributed by atoms with Crippen LogP contribution in [0.1, 0.15) is 83.5 Å². The van der Waals surface area contributed by atoms with Crippen LogP contribution in [0, 0.1) is 23.7 Å². The molecule has 3 aliphatic carbocycles. The molecule has 5 atom stereocenters. The molecule has 0 aromatic carbocycles. The van der Waals surface area contributed by atoms with Crippen molar-refractivity contribution in [2.24, 2.45) is 23.7 Å². The first kappa shape index (κ1) is 22.1. The Hall–Kier alpha value is -1.13. The Kier molecular flexibility index (Phi) is 7.69. The van der Waals surface area contributed by atoms with Gasteiger partial charge in [-0.1, -0.05) is 43.1 Å². The van der Waals surface area contributed by atoms with E-state index in [4.69, 9.17) is 0 Å². The van der Waals surface area contributed by atoms with E-state index in [0.717, 1.165) is 58.0 Å². The highest BCUT2D eigenvalue weighted by molar-refractivity contribution is 5.76. The van der Waals surface area contributed by atoms with Crippen LogP contribution in [-0.2, 0) is 4.79 Å². The summed E-state index contributed by atoms with van der Waals surface area (Å²) in [5.41, 5.74) is 1.52. The van der Waals surface area contributed by atoms with Gasteiger partial charge >= 0.3 is 0 Å². The highest BCUT2D eigenvalue weighted by atomic mass is 16.3. The molecule has 3 fully saturated rings. The lowest BCUT2D eigenvalue weighted by Crippen LogP contribution is -2.27. The summed E-state index contributed by atoms with van der Waals surface area (Å²) < 4.78 is 0. The zero-order chi connectivity index (χ0) is 20.9. The minimum absolute atomic E-state index is 0.179. The minimum atomic E-state index is -0.349. The van der Waals surface area contributed by atoms with E-state index in [0.29, 0.717) is 30.1 Å². The number of hydrogen-bond donors (Lipinski definition) is 2. The van der Waals surface area contributed by atoms with Crippen molar-refractivity contribution >= 4 is 5.91 Å². The van der Waals surface area contributed by atoms with Crippen molar-refractivity contribution in [1.82, 2.24) is 4.90 Å². The molecule has 4 rings (SSSR count). The van der Waals surface area contributed by atoms with Crippen LogP contribution in [0.2, 0.25) is 0 Å². The number of amides is 1. The van der Waals surface area contributed by atoms with Crippen molar-refractivity contribution in [2.75, 3.05) is 13.1 Å². The van der Waals surface area contributed by atoms with Crippen molar-refractivity contribution in [1.29, 1.82) is 0 Å². The van der Waals surface area contributed by atoms with Gasteiger partial charge in [-0.05, 0) is 75.5 Å². The highest BCUT2D eigenvalue weighted by Crippen LogP contribution is 2.48. The molecule has 4 aliphatic rings. The van der Waals surface area contributed by atoms with Gasteiger partial charge in [0.15, 0.2) is 0 Å². The van der Waals surface area contributed by atoms with Crippen LogP contribution in [-0.4, -0.2) is 46.3 Å². The third-order valence-corrected chi connectivity index (χ3v) is 8.21. The summed E-state index contributed by atoms with van der Waals surface area (Å²) in [5, 5.41) is 21.1. The summed E-state index contributed by atoms with van der Waals surface area (Å²) in [6, 6.07) is 0. The lowest BCUT2D eigenvalue weighted by molar-refractivity contribution is -0.130. The second-order valence-corrected chi connectivity index (χ2v) is 10.3. The number of unbranched alkanes of at least 4 members (excludes halogenated alkanes) is 1. The first-order chi connectivity index (χ1) is 14.6. The fraction of sp³-hybridized carbons (Fsp3) is 0.808. The molecule has 2 saturated carbocycles. The number of rotatable bonds is 8. The van der Waals surface area contributed by atoms with Gasteiger partial charge in [-0.2, -0.15) is 0 Å². The van der Waals surface area contributed by atoms with Gasteiger partial charge < -0.3 is 15.1 Å². The molecular formula is C26H41NO3. The van der Waals surface area contributed by atoms with Gasteiger partial charge in [0.1, 0.15) is 0 Å². The average Bonchev–Trinajstić information content (AvgIpc) is 3.47. The highest BCUT2D eigenvalue weighted by Gasteiger charge is 2.43. The van der Waals surface area contributed by atoms with Gasteiger partial charge in [-0.15, -0.1) is 0 Å². The molecule has 2 N–H and O–H groups in total. The maximum absolute atomic E-state index is 12.2. The van der Waals surface area contributed by atoms with Gasteiger partial charge in [-0.3, -0.25) is 4.79 Å². The van der Waals surface area contributed by atoms with Crippen LogP contribution in [0.25, 0.3) is 0 Å². The third-order valence-electron chi connectivity index (χ3n) is 8.21. The maximum Gasteiger partial charge on any atom is 0.222 e. The first-order valence-corrected chi connectivity index (χ1v) is 12.6. The molecule has 0 bridgehead atoms. The van der Waals surface area contributed by atoms with Gasteiger partial charge in [0.2, 0.25) is 5.91 Å². The number of hydrogen-bond acceptors (Lipinski definition) is 3. The van der Waals surface area contributed by atoms with Crippen molar-refractivity contribution in [3.05, 3.63) is 23.8 Å². The summed E-state index contributed by atoms with van der Waals surface area (Å²) in [5.74, 6) is 1.91. The number of aliphatic hydroxyl groups is 2. The Labute approximate surface area is 182 Å². The first-order valence-electron chi connectivity index (χ1n) is 12.6. The van der Waals surface area contributed by atoms with Crippen molar-refractivity contribution in [2.45, 2.75) is 95.7 Å². The molecule has 1 aliphatic heterocycles. The monoisotopic (exact) mass is 415 g/mol. The molecule has 0 aromatic rings. The molecule has 168 valence electrons. The predicted molar refractivity (Wildman–Crippen MR) is 120 cm³/mol. The summed E-state index contributed by atoms with van der Waals surface area (Å²) in [6.45, 7) is 1.92. The van der Waals surface area contributed by atoms with Crippen LogP contribution in [0.5, 0.6) is 0 Å². The Bertz CT molecular complexity index is 630. The molecule has 0 radical (unpaired) electrons. The standard InChI is InChI=1S/C26H41NO3/c28-24(20-9-2-1-3-10-20)13-12-22-23-17-19(16-21(23)18-25(22)29)8-4-5-11-26(30)27-14-6-7-15-27/h12-13,16,20-25,28-29H,1-11,14-15,17-18H2/b13-12+/t21-,22+,23-,24+,25+/m0/s1. The number of allylic oxidation sites excluding steroid dienone is 2. The fourth-order valence-corrected chi connectivity index (χ4v) is 6.42. The number of nitrogens with zero attached hydrogens (tertiary/aromatic N) is 1. The molecule has 1 saturated heterocycles. The van der Waals surface area contributed by atoms with E-state index in [1.54, 1.807) is 0 Å². The fourth-order valence-electron chi connectivity index (χ4n) is 6.42. The molecule has 4 nitrogen and oxygen atoms in total. The van der Waals surface area contributed by atoms with Crippen molar-refractivity contribution < 1.29 is 15.0 Å². The smallest absolute Gasteiger partial charge is 0.222 e. The summed E-state index contributed by atoms with van der Waals surface area (Å²) in [6.07, 6.45) is 20.1. The number of likely N-dealkylation sites (tertiary alicyclic amines) is 1. The zero-order valence-electron chi connectivity index (χ0n) is 18.6. The van der Waals surface area contributed by atoms with Crippen LogP contribution < -0.4 is 0 Å². The summed E-state index contributed by atoms with van der Waals surface area (Å²) >= 11 is 0. The van der Waals surface area contributed by atoms with Crippen LogP contribution in [0.4, 0.5) is 0 Å². The van der Waals surface area contributed by atoms with Gasteiger partial charge in [0, 0.05) is 25.4 Å². The summed E-state index contributed by atoms with van der Waals surface area (Å²) in [4.78, 5) is 14.2. The van der Waals surface area contributed by atoms with E-state index in [2.05, 4.69) is 12.2 Å². The lowest BCUT2D eigenvalue weighted by atomic mass is 9.83. The zero-order valence-corrected chi connectivity index (χ0v) is 18.6. The van der Waals surface area contributed by atoms with Crippen molar-refractivity contribution in [3.63, 3.8) is 0 Å². The number of carbonyl (C=O) groups excluding carboxylic acids is 1. The number of fused-ring (bicyclic) bond motifs is 1. The van der Waals surface area contributed by atoms with Crippen LogP contribution in [0.15, 0.2) is 23.8 Å². The number of carbonyl (C=O) groups is 1. The molecule has 30 heavy (non-hydrogen) atoms. The Morgan fingerprint density at radius 1 is 1.13 bits per heavy atom. The Balaban J connectivity index is 1.20. The average molecular weight is 416 g/mol.